The molecule has 2 rings (SSSR count). The number of nitrogens with one attached hydrogen (secondary N) is 2. The van der Waals surface area contributed by atoms with Gasteiger partial charge in [-0.05, 0) is 32.1 Å². The van der Waals surface area contributed by atoms with E-state index in [1.807, 2.05) is 0 Å². The van der Waals surface area contributed by atoms with Crippen LogP contribution in [0.2, 0.25) is 0 Å². The molecule has 1 aromatic heterocycles. The van der Waals surface area contributed by atoms with Crippen molar-refractivity contribution in [2.75, 3.05) is 6.54 Å². The summed E-state index contributed by atoms with van der Waals surface area (Å²) in [6.07, 6.45) is 5.57. The van der Waals surface area contributed by atoms with E-state index in [0.29, 0.717) is 5.41 Å². The number of aromatic nitrogens is 2. The number of aryl methyl sites for hydroxylation is 2. The monoisotopic (exact) mass is 221 g/mol. The van der Waals surface area contributed by atoms with Gasteiger partial charge in [-0.1, -0.05) is 19.8 Å². The number of aromatic amines is 1. The standard InChI is InChI=1S/C13H23N3/c1-10-12(11(2)16-15-10)8-14-9-13(3)6-4-5-7-13/h14H,4-9H2,1-3H3,(H,15,16). The second-order valence-electron chi connectivity index (χ2n) is 5.53. The fraction of sp³-hybridized carbons (Fsp3) is 0.769. The molecule has 3 heteroatoms. The number of rotatable bonds is 4. The minimum atomic E-state index is 0.533. The van der Waals surface area contributed by atoms with Crippen LogP contribution in [-0.2, 0) is 6.54 Å². The first-order valence-electron chi connectivity index (χ1n) is 6.32. The maximum Gasteiger partial charge on any atom is 0.0638 e. The molecule has 0 bridgehead atoms. The van der Waals surface area contributed by atoms with Crippen LogP contribution < -0.4 is 5.32 Å². The summed E-state index contributed by atoms with van der Waals surface area (Å²) in [5.41, 5.74) is 4.19. The molecule has 0 amide bonds. The van der Waals surface area contributed by atoms with Crippen LogP contribution in [0.25, 0.3) is 0 Å². The molecule has 0 unspecified atom stereocenters. The van der Waals surface area contributed by atoms with Gasteiger partial charge < -0.3 is 5.32 Å². The Balaban J connectivity index is 1.84. The van der Waals surface area contributed by atoms with Gasteiger partial charge in [-0.3, -0.25) is 5.10 Å². The fourth-order valence-electron chi connectivity index (χ4n) is 2.73. The number of hydrogen-bond acceptors (Lipinski definition) is 2. The molecule has 1 aromatic rings. The predicted octanol–water partition coefficient (Wildman–Crippen LogP) is 2.70. The summed E-state index contributed by atoms with van der Waals surface area (Å²) in [6, 6.07) is 0. The summed E-state index contributed by atoms with van der Waals surface area (Å²) in [7, 11) is 0. The first kappa shape index (κ1) is 11.6. The third kappa shape index (κ3) is 2.46. The van der Waals surface area contributed by atoms with Crippen LogP contribution in [0.3, 0.4) is 0 Å². The highest BCUT2D eigenvalue weighted by molar-refractivity contribution is 5.22. The van der Waals surface area contributed by atoms with Gasteiger partial charge in [-0.15, -0.1) is 0 Å². The van der Waals surface area contributed by atoms with Crippen molar-refractivity contribution in [1.82, 2.24) is 15.5 Å². The van der Waals surface area contributed by atoms with Crippen molar-refractivity contribution in [3.63, 3.8) is 0 Å². The Labute approximate surface area is 98.0 Å². The molecule has 1 fully saturated rings. The zero-order chi connectivity index (χ0) is 11.6. The second kappa shape index (κ2) is 4.58. The molecular formula is C13H23N3. The molecule has 90 valence electrons. The highest BCUT2D eigenvalue weighted by Gasteiger charge is 2.27. The number of hydrogen-bond donors (Lipinski definition) is 2. The van der Waals surface area contributed by atoms with E-state index in [9.17, 15) is 0 Å². The van der Waals surface area contributed by atoms with Gasteiger partial charge in [-0.25, -0.2) is 0 Å². The molecule has 2 N–H and O–H groups in total. The van der Waals surface area contributed by atoms with E-state index >= 15 is 0 Å². The molecule has 0 saturated heterocycles. The summed E-state index contributed by atoms with van der Waals surface area (Å²) < 4.78 is 0. The van der Waals surface area contributed by atoms with Crippen molar-refractivity contribution < 1.29 is 0 Å². The molecule has 0 spiro atoms. The predicted molar refractivity (Wildman–Crippen MR) is 66.3 cm³/mol. The van der Waals surface area contributed by atoms with E-state index in [4.69, 9.17) is 0 Å². The molecule has 0 aliphatic heterocycles. The Bertz CT molecular complexity index is 329. The van der Waals surface area contributed by atoms with Gasteiger partial charge in [0.2, 0.25) is 0 Å². The maximum atomic E-state index is 4.22. The number of H-pyrrole nitrogens is 1. The fourth-order valence-corrected chi connectivity index (χ4v) is 2.73. The Hall–Kier alpha value is -0.830. The van der Waals surface area contributed by atoms with Crippen LogP contribution in [0, 0.1) is 19.3 Å². The minimum absolute atomic E-state index is 0.533. The molecule has 0 radical (unpaired) electrons. The SMILES string of the molecule is Cc1n[nH]c(C)c1CNCC1(C)CCCC1. The topological polar surface area (TPSA) is 40.7 Å². The summed E-state index contributed by atoms with van der Waals surface area (Å²) in [6.45, 7) is 8.65. The molecule has 0 atom stereocenters. The van der Waals surface area contributed by atoms with Crippen LogP contribution in [0.4, 0.5) is 0 Å². The first-order valence-corrected chi connectivity index (χ1v) is 6.32. The maximum absolute atomic E-state index is 4.22. The largest absolute Gasteiger partial charge is 0.312 e. The van der Waals surface area contributed by atoms with Crippen molar-refractivity contribution in [1.29, 1.82) is 0 Å². The second-order valence-corrected chi connectivity index (χ2v) is 5.53. The molecule has 1 heterocycles. The summed E-state index contributed by atoms with van der Waals surface area (Å²) in [5.74, 6) is 0. The van der Waals surface area contributed by atoms with E-state index in [-0.39, 0.29) is 0 Å². The van der Waals surface area contributed by atoms with E-state index in [1.165, 1.54) is 36.9 Å². The average Bonchev–Trinajstić information content (AvgIpc) is 2.79. The van der Waals surface area contributed by atoms with Crippen LogP contribution in [-0.4, -0.2) is 16.7 Å². The molecular weight excluding hydrogens is 198 g/mol. The normalized spacial score (nSPS) is 19.2. The molecule has 1 aliphatic rings. The van der Waals surface area contributed by atoms with Crippen molar-refractivity contribution in [2.24, 2.45) is 5.41 Å². The zero-order valence-corrected chi connectivity index (χ0v) is 10.7. The third-order valence-electron chi connectivity index (χ3n) is 3.94. The van der Waals surface area contributed by atoms with E-state index in [2.05, 4.69) is 36.3 Å². The zero-order valence-electron chi connectivity index (χ0n) is 10.7. The summed E-state index contributed by atoms with van der Waals surface area (Å²) in [5, 5.41) is 10.8. The highest BCUT2D eigenvalue weighted by Crippen LogP contribution is 2.36. The minimum Gasteiger partial charge on any atom is -0.312 e. The van der Waals surface area contributed by atoms with E-state index in [0.717, 1.165) is 18.8 Å². The Morgan fingerprint density at radius 1 is 1.31 bits per heavy atom. The Kier molecular flexibility index (Phi) is 3.33. The van der Waals surface area contributed by atoms with Gasteiger partial charge in [0.1, 0.15) is 0 Å². The van der Waals surface area contributed by atoms with E-state index < -0.39 is 0 Å². The molecule has 1 saturated carbocycles. The van der Waals surface area contributed by atoms with Crippen LogP contribution in [0.1, 0.15) is 49.6 Å². The summed E-state index contributed by atoms with van der Waals surface area (Å²) in [4.78, 5) is 0. The third-order valence-corrected chi connectivity index (χ3v) is 3.94. The number of nitrogens with zero attached hydrogens (tertiary/aromatic N) is 1. The molecule has 1 aliphatic carbocycles. The van der Waals surface area contributed by atoms with Crippen molar-refractivity contribution in [3.05, 3.63) is 17.0 Å². The lowest BCUT2D eigenvalue weighted by atomic mass is 9.89. The van der Waals surface area contributed by atoms with Crippen molar-refractivity contribution in [2.45, 2.75) is 53.0 Å². The van der Waals surface area contributed by atoms with Gasteiger partial charge in [0.15, 0.2) is 0 Å². The highest BCUT2D eigenvalue weighted by atomic mass is 15.1. The van der Waals surface area contributed by atoms with Crippen molar-refractivity contribution >= 4 is 0 Å². The van der Waals surface area contributed by atoms with Crippen LogP contribution in [0.5, 0.6) is 0 Å². The van der Waals surface area contributed by atoms with Gasteiger partial charge in [-0.2, -0.15) is 5.10 Å². The molecule has 3 nitrogen and oxygen atoms in total. The molecule has 16 heavy (non-hydrogen) atoms. The first-order chi connectivity index (χ1) is 7.61. The Morgan fingerprint density at radius 3 is 2.56 bits per heavy atom. The van der Waals surface area contributed by atoms with Gasteiger partial charge in [0.25, 0.3) is 0 Å². The summed E-state index contributed by atoms with van der Waals surface area (Å²) >= 11 is 0. The lowest BCUT2D eigenvalue weighted by Crippen LogP contribution is -2.29. The average molecular weight is 221 g/mol. The lowest BCUT2D eigenvalue weighted by molar-refractivity contribution is 0.314. The Morgan fingerprint density at radius 2 is 2.00 bits per heavy atom. The van der Waals surface area contributed by atoms with E-state index in [1.54, 1.807) is 0 Å². The van der Waals surface area contributed by atoms with Crippen LogP contribution in [0.15, 0.2) is 0 Å². The smallest absolute Gasteiger partial charge is 0.0638 e. The van der Waals surface area contributed by atoms with Gasteiger partial charge in [0, 0.05) is 24.3 Å². The van der Waals surface area contributed by atoms with Gasteiger partial charge >= 0.3 is 0 Å². The molecule has 0 aromatic carbocycles. The van der Waals surface area contributed by atoms with Gasteiger partial charge in [0.05, 0.1) is 5.69 Å². The van der Waals surface area contributed by atoms with Crippen molar-refractivity contribution in [3.8, 4) is 0 Å². The quantitative estimate of drug-likeness (QED) is 0.820. The van der Waals surface area contributed by atoms with Crippen LogP contribution >= 0.6 is 0 Å². The lowest BCUT2D eigenvalue weighted by Gasteiger charge is -2.23.